The van der Waals surface area contributed by atoms with E-state index in [9.17, 15) is 18.0 Å². The van der Waals surface area contributed by atoms with Crippen LogP contribution in [-0.2, 0) is 6.18 Å². The number of hydrogen-bond donors (Lipinski definition) is 1. The van der Waals surface area contributed by atoms with Gasteiger partial charge in [0.2, 0.25) is 5.88 Å². The van der Waals surface area contributed by atoms with Crippen molar-refractivity contribution in [3.05, 3.63) is 76.9 Å². The number of nitrogens with one attached hydrogen (secondary N) is 1. The van der Waals surface area contributed by atoms with E-state index >= 15 is 0 Å². The van der Waals surface area contributed by atoms with Gasteiger partial charge in [-0.1, -0.05) is 17.7 Å². The molecule has 150 valence electrons. The van der Waals surface area contributed by atoms with Crippen molar-refractivity contribution in [2.24, 2.45) is 0 Å². The second-order valence-electron chi connectivity index (χ2n) is 5.82. The molecule has 29 heavy (non-hydrogen) atoms. The number of hydrogen-bond acceptors (Lipinski definition) is 4. The van der Waals surface area contributed by atoms with Gasteiger partial charge in [-0.15, -0.1) is 0 Å². The third-order valence-corrected chi connectivity index (χ3v) is 4.10. The van der Waals surface area contributed by atoms with Crippen molar-refractivity contribution >= 4 is 23.2 Å². The zero-order chi connectivity index (χ0) is 21.0. The first-order chi connectivity index (χ1) is 13.8. The average Bonchev–Trinajstić information content (AvgIpc) is 2.70. The lowest BCUT2D eigenvalue weighted by Crippen LogP contribution is -2.11. The maximum absolute atomic E-state index is 12.6. The number of ether oxygens (including phenoxy) is 2. The largest absolute Gasteiger partial charge is 0.497 e. The van der Waals surface area contributed by atoms with Crippen LogP contribution in [0.15, 0.2) is 60.8 Å². The number of anilines is 1. The molecule has 0 saturated heterocycles. The van der Waals surface area contributed by atoms with Gasteiger partial charge in [0, 0.05) is 23.5 Å². The number of aromatic nitrogens is 1. The van der Waals surface area contributed by atoms with Gasteiger partial charge in [0.1, 0.15) is 11.5 Å². The van der Waals surface area contributed by atoms with Crippen molar-refractivity contribution in [2.75, 3.05) is 12.4 Å². The molecule has 0 unspecified atom stereocenters. The summed E-state index contributed by atoms with van der Waals surface area (Å²) < 4.78 is 48.2. The summed E-state index contributed by atoms with van der Waals surface area (Å²) in [6, 6.07) is 13.1. The van der Waals surface area contributed by atoms with Crippen LogP contribution in [0.1, 0.15) is 15.9 Å². The summed E-state index contributed by atoms with van der Waals surface area (Å²) in [4.78, 5) is 16.0. The van der Waals surface area contributed by atoms with Crippen molar-refractivity contribution in [1.29, 1.82) is 0 Å². The molecular weight excluding hydrogens is 409 g/mol. The number of rotatable bonds is 5. The van der Waals surface area contributed by atoms with Gasteiger partial charge >= 0.3 is 6.18 Å². The monoisotopic (exact) mass is 422 g/mol. The molecule has 0 saturated carbocycles. The van der Waals surface area contributed by atoms with E-state index in [4.69, 9.17) is 21.1 Å². The first-order valence-corrected chi connectivity index (χ1v) is 8.60. The van der Waals surface area contributed by atoms with Crippen molar-refractivity contribution < 1.29 is 27.4 Å². The van der Waals surface area contributed by atoms with E-state index < -0.39 is 11.7 Å². The number of nitrogens with zero attached hydrogens (tertiary/aromatic N) is 1. The minimum atomic E-state index is -4.48. The number of alkyl halides is 3. The smallest absolute Gasteiger partial charge is 0.417 e. The highest BCUT2D eigenvalue weighted by molar-refractivity contribution is 6.32. The molecule has 9 heteroatoms. The lowest BCUT2D eigenvalue weighted by Gasteiger charge is -2.11. The number of amides is 1. The Bertz CT molecular complexity index is 1020. The van der Waals surface area contributed by atoms with Gasteiger partial charge in [0.05, 0.1) is 17.7 Å². The quantitative estimate of drug-likeness (QED) is 0.564. The molecule has 3 rings (SSSR count). The highest BCUT2D eigenvalue weighted by Gasteiger charge is 2.30. The number of carbonyl (C=O) groups excluding carboxylic acids is 1. The molecule has 5 nitrogen and oxygen atoms in total. The normalized spacial score (nSPS) is 11.1. The first-order valence-electron chi connectivity index (χ1n) is 8.22. The number of carbonyl (C=O) groups is 1. The molecule has 0 radical (unpaired) electrons. The second kappa shape index (κ2) is 8.40. The molecule has 0 bridgehead atoms. The number of methoxy groups -OCH3 is 1. The fraction of sp³-hybridized carbons (Fsp3) is 0.100. The van der Waals surface area contributed by atoms with Gasteiger partial charge in [0.25, 0.3) is 5.91 Å². The van der Waals surface area contributed by atoms with E-state index in [-0.39, 0.29) is 22.6 Å². The molecule has 1 aromatic heterocycles. The Labute approximate surface area is 169 Å². The average molecular weight is 423 g/mol. The van der Waals surface area contributed by atoms with Gasteiger partial charge < -0.3 is 14.8 Å². The fourth-order valence-electron chi connectivity index (χ4n) is 2.35. The summed E-state index contributed by atoms with van der Waals surface area (Å²) in [7, 11) is 1.50. The van der Waals surface area contributed by atoms with Crippen LogP contribution in [0.5, 0.6) is 17.4 Å². The molecule has 1 heterocycles. The van der Waals surface area contributed by atoms with Crippen LogP contribution < -0.4 is 14.8 Å². The SMILES string of the molecule is COc1cccc(C(=O)Nc2ccc(Oc3ccc(C(F)(F)F)cn3)c(Cl)c2)c1. The van der Waals surface area contributed by atoms with Crippen molar-refractivity contribution in [2.45, 2.75) is 6.18 Å². The summed E-state index contributed by atoms with van der Waals surface area (Å²) in [6.45, 7) is 0. The summed E-state index contributed by atoms with van der Waals surface area (Å²) in [6.07, 6.45) is -3.81. The van der Waals surface area contributed by atoms with Crippen LogP contribution in [0.25, 0.3) is 0 Å². The third kappa shape index (κ3) is 5.17. The predicted octanol–water partition coefficient (Wildman–Crippen LogP) is 5.81. The predicted molar refractivity (Wildman–Crippen MR) is 102 cm³/mol. The number of pyridine rings is 1. The van der Waals surface area contributed by atoms with Gasteiger partial charge in [0.15, 0.2) is 0 Å². The van der Waals surface area contributed by atoms with E-state index in [0.717, 1.165) is 12.1 Å². The Morgan fingerprint density at radius 3 is 2.52 bits per heavy atom. The molecule has 1 amide bonds. The van der Waals surface area contributed by atoms with Crippen LogP contribution in [0, 0.1) is 0 Å². The van der Waals surface area contributed by atoms with Crippen LogP contribution in [0.3, 0.4) is 0 Å². The van der Waals surface area contributed by atoms with E-state index in [1.165, 1.54) is 19.2 Å². The summed E-state index contributed by atoms with van der Waals surface area (Å²) in [5, 5.41) is 2.84. The Kier molecular flexibility index (Phi) is 5.93. The van der Waals surface area contributed by atoms with Crippen LogP contribution in [0.2, 0.25) is 5.02 Å². The molecule has 2 aromatic carbocycles. The summed E-state index contributed by atoms with van der Waals surface area (Å²) >= 11 is 6.16. The van der Waals surface area contributed by atoms with Crippen LogP contribution in [0.4, 0.5) is 18.9 Å². The zero-order valence-electron chi connectivity index (χ0n) is 15.0. The summed E-state index contributed by atoms with van der Waals surface area (Å²) in [5.74, 6) is 0.313. The van der Waals surface area contributed by atoms with Gasteiger partial charge in [-0.25, -0.2) is 4.98 Å². The molecule has 0 spiro atoms. The fourth-order valence-corrected chi connectivity index (χ4v) is 2.57. The standard InChI is InChI=1S/C20H14ClF3N2O3/c1-28-15-4-2-3-12(9-15)19(27)26-14-6-7-17(16(21)10-14)29-18-8-5-13(11-25-18)20(22,23)24/h2-11H,1H3,(H,26,27). The number of benzene rings is 2. The molecule has 3 aromatic rings. The van der Waals surface area contributed by atoms with Crippen LogP contribution in [-0.4, -0.2) is 18.0 Å². The minimum Gasteiger partial charge on any atom is -0.497 e. The Morgan fingerprint density at radius 2 is 1.90 bits per heavy atom. The Hall–Kier alpha value is -3.26. The Balaban J connectivity index is 1.70. The molecule has 0 atom stereocenters. The molecule has 0 aliphatic heterocycles. The van der Waals surface area contributed by atoms with Crippen molar-refractivity contribution in [3.8, 4) is 17.4 Å². The molecule has 0 aliphatic rings. The van der Waals surface area contributed by atoms with Crippen molar-refractivity contribution in [3.63, 3.8) is 0 Å². The van der Waals surface area contributed by atoms with E-state index in [2.05, 4.69) is 10.3 Å². The highest BCUT2D eigenvalue weighted by Crippen LogP contribution is 2.33. The summed E-state index contributed by atoms with van der Waals surface area (Å²) in [5.41, 5.74) is -0.0724. The topological polar surface area (TPSA) is 60.5 Å². The molecule has 0 fully saturated rings. The molecule has 1 N–H and O–H groups in total. The lowest BCUT2D eigenvalue weighted by atomic mass is 10.2. The van der Waals surface area contributed by atoms with E-state index in [1.807, 2.05) is 0 Å². The third-order valence-electron chi connectivity index (χ3n) is 3.80. The van der Waals surface area contributed by atoms with E-state index in [0.29, 0.717) is 23.2 Å². The molecule has 0 aliphatic carbocycles. The van der Waals surface area contributed by atoms with Gasteiger partial charge in [-0.3, -0.25) is 4.79 Å². The maximum Gasteiger partial charge on any atom is 0.417 e. The lowest BCUT2D eigenvalue weighted by molar-refractivity contribution is -0.137. The van der Waals surface area contributed by atoms with Gasteiger partial charge in [-0.05, 0) is 42.5 Å². The number of halogens is 4. The zero-order valence-corrected chi connectivity index (χ0v) is 15.7. The Morgan fingerprint density at radius 1 is 1.10 bits per heavy atom. The highest BCUT2D eigenvalue weighted by atomic mass is 35.5. The first kappa shape index (κ1) is 20.5. The van der Waals surface area contributed by atoms with Crippen molar-refractivity contribution in [1.82, 2.24) is 4.98 Å². The molecular formula is C20H14ClF3N2O3. The van der Waals surface area contributed by atoms with Gasteiger partial charge in [-0.2, -0.15) is 13.2 Å². The minimum absolute atomic E-state index is 0.0481. The maximum atomic E-state index is 12.6. The van der Waals surface area contributed by atoms with E-state index in [1.54, 1.807) is 30.3 Å². The second-order valence-corrected chi connectivity index (χ2v) is 6.22. The van der Waals surface area contributed by atoms with Crippen LogP contribution >= 0.6 is 11.6 Å².